The second kappa shape index (κ2) is 7.86. The summed E-state index contributed by atoms with van der Waals surface area (Å²) in [5.74, 6) is 0.569. The van der Waals surface area contributed by atoms with Crippen molar-refractivity contribution in [2.45, 2.75) is 24.4 Å². The molecule has 3 N–H and O–H groups in total. The molecule has 2 aromatic carbocycles. The molecule has 4 atom stereocenters. The number of aliphatic hydroxyl groups excluding tert-OH is 1. The highest BCUT2D eigenvalue weighted by atomic mass is 35.5. The molecule has 0 radical (unpaired) electrons. The number of imidazole rings is 1. The van der Waals surface area contributed by atoms with E-state index in [1.165, 1.54) is 0 Å². The van der Waals surface area contributed by atoms with Gasteiger partial charge in [0.15, 0.2) is 5.65 Å². The van der Waals surface area contributed by atoms with E-state index in [9.17, 15) is 5.11 Å². The van der Waals surface area contributed by atoms with Crippen molar-refractivity contribution in [2.75, 3.05) is 18.5 Å². The lowest BCUT2D eigenvalue weighted by Crippen LogP contribution is -2.36. The first kappa shape index (κ1) is 19.7. The largest absolute Gasteiger partial charge is 0.388 e. The van der Waals surface area contributed by atoms with Crippen molar-refractivity contribution >= 4 is 28.7 Å². The number of hydrogen-bond donors (Lipinski definition) is 3. The summed E-state index contributed by atoms with van der Waals surface area (Å²) < 4.78 is 11.3. The van der Waals surface area contributed by atoms with Gasteiger partial charge >= 0.3 is 0 Å². The lowest BCUT2D eigenvalue weighted by atomic mass is 10.0. The van der Waals surface area contributed by atoms with Crippen LogP contribution in [0, 0.1) is 0 Å². The molecule has 0 spiro atoms. The second-order valence-corrected chi connectivity index (χ2v) is 8.54. The average Bonchev–Trinajstić information content (AvgIpc) is 3.51. The molecule has 4 aromatic rings. The number of aromatic nitrogens is 3. The first-order valence-electron chi connectivity index (χ1n) is 10.6. The van der Waals surface area contributed by atoms with Gasteiger partial charge in [-0.25, -0.2) is 4.98 Å². The Labute approximate surface area is 189 Å². The number of H-pyrrole nitrogens is 1. The van der Waals surface area contributed by atoms with Crippen LogP contribution in [0.15, 0.2) is 60.7 Å². The standard InChI is InChI=1S/C24H21ClN4O3/c25-16-10-17-23(29-24(26-17)27-18-11-31-22-19(30)12-32-21(18)22)28-20(16)15-8-6-14(7-9-15)13-4-2-1-3-5-13/h1-10,18-19,21-22,30H,11-12H2,(H2,26,27,28,29)/t18?,19-,21-,22-/m1/s1. The van der Waals surface area contributed by atoms with Gasteiger partial charge in [0.1, 0.15) is 18.3 Å². The second-order valence-electron chi connectivity index (χ2n) is 8.13. The van der Waals surface area contributed by atoms with Crippen LogP contribution in [0.5, 0.6) is 0 Å². The molecule has 2 aliphatic rings. The molecular formula is C24H21ClN4O3. The highest BCUT2D eigenvalue weighted by Gasteiger charge is 2.47. The van der Waals surface area contributed by atoms with Gasteiger partial charge in [-0.1, -0.05) is 66.2 Å². The van der Waals surface area contributed by atoms with Crippen LogP contribution in [0.3, 0.4) is 0 Å². The zero-order valence-corrected chi connectivity index (χ0v) is 17.8. The fourth-order valence-electron chi connectivity index (χ4n) is 4.42. The topological polar surface area (TPSA) is 92.3 Å². The van der Waals surface area contributed by atoms with Crippen LogP contribution < -0.4 is 5.32 Å². The molecule has 2 aromatic heterocycles. The molecule has 4 heterocycles. The summed E-state index contributed by atoms with van der Waals surface area (Å²) in [5, 5.41) is 13.8. The van der Waals surface area contributed by atoms with E-state index in [1.807, 2.05) is 36.4 Å². The van der Waals surface area contributed by atoms with Gasteiger partial charge in [0.25, 0.3) is 0 Å². The zero-order valence-electron chi connectivity index (χ0n) is 17.0. The van der Waals surface area contributed by atoms with Gasteiger partial charge in [0.05, 0.1) is 35.5 Å². The van der Waals surface area contributed by atoms with Gasteiger partial charge in [-0.2, -0.15) is 4.98 Å². The molecule has 6 rings (SSSR count). The molecular weight excluding hydrogens is 428 g/mol. The van der Waals surface area contributed by atoms with Crippen LogP contribution in [0.4, 0.5) is 5.95 Å². The Hall–Kier alpha value is -2.97. The third kappa shape index (κ3) is 3.43. The van der Waals surface area contributed by atoms with Gasteiger partial charge in [0.2, 0.25) is 5.95 Å². The SMILES string of the molecule is O[C@@H]1CO[C@@H]2C(Nc3nc4nc(-c5ccc(-c6ccccc6)cc5)c(Cl)cc4[nH]3)CO[C@H]12. The number of nitrogens with one attached hydrogen (secondary N) is 2. The fourth-order valence-corrected chi connectivity index (χ4v) is 4.68. The summed E-state index contributed by atoms with van der Waals surface area (Å²) in [6, 6.07) is 20.1. The number of anilines is 1. The molecule has 162 valence electrons. The van der Waals surface area contributed by atoms with Crippen molar-refractivity contribution in [3.63, 3.8) is 0 Å². The predicted molar refractivity (Wildman–Crippen MR) is 123 cm³/mol. The van der Waals surface area contributed by atoms with Crippen LogP contribution >= 0.6 is 11.6 Å². The summed E-state index contributed by atoms with van der Waals surface area (Å²) in [6.07, 6.45) is -1.08. The highest BCUT2D eigenvalue weighted by Crippen LogP contribution is 2.32. The Bertz CT molecular complexity index is 1260. The number of nitrogens with zero attached hydrogens (tertiary/aromatic N) is 2. The van der Waals surface area contributed by atoms with E-state index in [0.717, 1.165) is 22.2 Å². The third-order valence-electron chi connectivity index (χ3n) is 6.04. The van der Waals surface area contributed by atoms with Crippen LogP contribution in [0.1, 0.15) is 0 Å². The normalized spacial score (nSPS) is 24.7. The molecule has 8 heteroatoms. The molecule has 7 nitrogen and oxygen atoms in total. The quantitative estimate of drug-likeness (QED) is 0.438. The monoisotopic (exact) mass is 448 g/mol. The lowest BCUT2D eigenvalue weighted by molar-refractivity contribution is 0.0184. The molecule has 2 saturated heterocycles. The predicted octanol–water partition coefficient (Wildman–Crippen LogP) is 3.88. The van der Waals surface area contributed by atoms with Crippen LogP contribution in [0.25, 0.3) is 33.5 Å². The number of hydrogen-bond acceptors (Lipinski definition) is 6. The summed E-state index contributed by atoms with van der Waals surface area (Å²) >= 11 is 6.56. The van der Waals surface area contributed by atoms with Gasteiger partial charge in [-0.15, -0.1) is 0 Å². The van der Waals surface area contributed by atoms with Gasteiger partial charge in [-0.05, 0) is 17.2 Å². The number of rotatable bonds is 4. The van der Waals surface area contributed by atoms with Gasteiger partial charge in [-0.3, -0.25) is 0 Å². The van der Waals surface area contributed by atoms with E-state index in [1.54, 1.807) is 0 Å². The number of pyridine rings is 1. The Morgan fingerprint density at radius 2 is 1.62 bits per heavy atom. The van der Waals surface area contributed by atoms with Gasteiger partial charge < -0.3 is 24.9 Å². The summed E-state index contributed by atoms with van der Waals surface area (Å²) in [6.45, 7) is 0.730. The van der Waals surface area contributed by atoms with Crippen molar-refractivity contribution in [3.05, 3.63) is 65.7 Å². The average molecular weight is 449 g/mol. The smallest absolute Gasteiger partial charge is 0.203 e. The van der Waals surface area contributed by atoms with E-state index < -0.39 is 6.10 Å². The molecule has 2 fully saturated rings. The Balaban J connectivity index is 1.26. The lowest BCUT2D eigenvalue weighted by Gasteiger charge is -2.16. The zero-order chi connectivity index (χ0) is 21.7. The minimum absolute atomic E-state index is 0.0989. The number of benzene rings is 2. The fraction of sp³-hybridized carbons (Fsp3) is 0.250. The summed E-state index contributed by atoms with van der Waals surface area (Å²) in [4.78, 5) is 12.5. The van der Waals surface area contributed by atoms with E-state index in [0.29, 0.717) is 28.9 Å². The molecule has 0 amide bonds. The van der Waals surface area contributed by atoms with Gasteiger partial charge in [0, 0.05) is 5.56 Å². The molecule has 0 aliphatic carbocycles. The first-order chi connectivity index (χ1) is 15.7. The molecule has 2 aliphatic heterocycles. The Morgan fingerprint density at radius 3 is 2.44 bits per heavy atom. The van der Waals surface area contributed by atoms with E-state index >= 15 is 0 Å². The maximum absolute atomic E-state index is 9.92. The van der Waals surface area contributed by atoms with Crippen molar-refractivity contribution in [1.82, 2.24) is 15.0 Å². The number of halogens is 1. The van der Waals surface area contributed by atoms with E-state index in [4.69, 9.17) is 26.1 Å². The van der Waals surface area contributed by atoms with Crippen molar-refractivity contribution < 1.29 is 14.6 Å². The van der Waals surface area contributed by atoms with E-state index in [-0.39, 0.29) is 24.9 Å². The highest BCUT2D eigenvalue weighted by molar-refractivity contribution is 6.33. The number of fused-ring (bicyclic) bond motifs is 2. The third-order valence-corrected chi connectivity index (χ3v) is 6.33. The number of aliphatic hydroxyl groups is 1. The summed E-state index contributed by atoms with van der Waals surface area (Å²) in [7, 11) is 0. The molecule has 32 heavy (non-hydrogen) atoms. The Kier molecular flexibility index (Phi) is 4.84. The van der Waals surface area contributed by atoms with E-state index in [2.05, 4.69) is 39.6 Å². The van der Waals surface area contributed by atoms with Crippen molar-refractivity contribution in [1.29, 1.82) is 0 Å². The Morgan fingerprint density at radius 1 is 0.906 bits per heavy atom. The van der Waals surface area contributed by atoms with Crippen LogP contribution in [-0.4, -0.2) is 57.6 Å². The van der Waals surface area contributed by atoms with Crippen LogP contribution in [0.2, 0.25) is 5.02 Å². The summed E-state index contributed by atoms with van der Waals surface area (Å²) in [5.41, 5.74) is 5.22. The minimum atomic E-state index is -0.584. The molecule has 0 bridgehead atoms. The maximum atomic E-state index is 9.92. The van der Waals surface area contributed by atoms with Crippen molar-refractivity contribution in [2.24, 2.45) is 0 Å². The van der Waals surface area contributed by atoms with Crippen LogP contribution in [-0.2, 0) is 9.47 Å². The maximum Gasteiger partial charge on any atom is 0.203 e. The molecule has 1 unspecified atom stereocenters. The molecule has 0 saturated carbocycles. The number of aromatic amines is 1. The number of ether oxygens (including phenoxy) is 2. The minimum Gasteiger partial charge on any atom is -0.388 e. The first-order valence-corrected chi connectivity index (χ1v) is 10.9. The van der Waals surface area contributed by atoms with Crippen molar-refractivity contribution in [3.8, 4) is 22.4 Å².